The van der Waals surface area contributed by atoms with Crippen molar-refractivity contribution in [3.63, 3.8) is 0 Å². The Bertz CT molecular complexity index is 599. The highest BCUT2D eigenvalue weighted by atomic mass is 14.6. The average molecular weight is 340 g/mol. The predicted octanol–water partition coefficient (Wildman–Crippen LogP) is 6.03. The van der Waals surface area contributed by atoms with Gasteiger partial charge in [0.1, 0.15) is 0 Å². The van der Waals surface area contributed by atoms with Gasteiger partial charge in [-0.15, -0.1) is 0 Å². The maximum absolute atomic E-state index is 5.63. The SMILES string of the molecule is C=C1CCC2C3CCC4=C[C@@H](/C=C/CCN)CC[C@]4(C)C3CC[C@]12C. The molecule has 0 amide bonds. The lowest BCUT2D eigenvalue weighted by Gasteiger charge is -2.58. The Labute approximate surface area is 154 Å². The zero-order valence-electron chi connectivity index (χ0n) is 16.4. The fourth-order valence-electron chi connectivity index (χ4n) is 7.18. The summed E-state index contributed by atoms with van der Waals surface area (Å²) in [5.74, 6) is 3.44. The topological polar surface area (TPSA) is 26.0 Å². The van der Waals surface area contributed by atoms with Crippen molar-refractivity contribution in [2.45, 2.75) is 71.6 Å². The van der Waals surface area contributed by atoms with Crippen molar-refractivity contribution in [1.82, 2.24) is 0 Å². The minimum atomic E-state index is 0.459. The third kappa shape index (κ3) is 2.69. The molecule has 4 rings (SSSR count). The smallest absolute Gasteiger partial charge is 0.00426 e. The number of allylic oxidation sites excluding steroid dienone is 4. The van der Waals surface area contributed by atoms with Crippen molar-refractivity contribution in [2.24, 2.45) is 40.2 Å². The molecule has 4 aliphatic rings. The molecule has 0 saturated heterocycles. The Hall–Kier alpha value is -0.820. The second-order valence-electron chi connectivity index (χ2n) is 9.83. The molecule has 1 nitrogen and oxygen atoms in total. The van der Waals surface area contributed by atoms with E-state index in [1.165, 1.54) is 51.4 Å². The van der Waals surface area contributed by atoms with Crippen LogP contribution in [0, 0.1) is 34.5 Å². The Kier molecular flexibility index (Phi) is 4.51. The molecule has 0 bridgehead atoms. The molecule has 3 fully saturated rings. The first-order valence-corrected chi connectivity index (χ1v) is 10.7. The Balaban J connectivity index is 1.57. The monoisotopic (exact) mass is 339 g/mol. The van der Waals surface area contributed by atoms with Gasteiger partial charge in [-0.3, -0.25) is 0 Å². The molecule has 0 spiro atoms. The number of hydrogen-bond acceptors (Lipinski definition) is 1. The molecular weight excluding hydrogens is 302 g/mol. The van der Waals surface area contributed by atoms with Crippen LogP contribution in [0.25, 0.3) is 0 Å². The summed E-state index contributed by atoms with van der Waals surface area (Å²) >= 11 is 0. The lowest BCUT2D eigenvalue weighted by molar-refractivity contribution is -0.0267. The molecule has 25 heavy (non-hydrogen) atoms. The summed E-state index contributed by atoms with van der Waals surface area (Å²) in [6, 6.07) is 0. The number of rotatable bonds is 3. The van der Waals surface area contributed by atoms with Gasteiger partial charge in [-0.1, -0.05) is 49.8 Å². The predicted molar refractivity (Wildman–Crippen MR) is 107 cm³/mol. The molecule has 3 unspecified atom stereocenters. The Morgan fingerprint density at radius 2 is 1.84 bits per heavy atom. The third-order valence-corrected chi connectivity index (χ3v) is 8.82. The first-order valence-electron chi connectivity index (χ1n) is 10.7. The zero-order chi connectivity index (χ0) is 17.7. The second kappa shape index (κ2) is 6.41. The molecule has 1 heteroatoms. The van der Waals surface area contributed by atoms with Gasteiger partial charge in [0.05, 0.1) is 0 Å². The van der Waals surface area contributed by atoms with Crippen LogP contribution < -0.4 is 5.73 Å². The van der Waals surface area contributed by atoms with E-state index in [1.54, 1.807) is 11.1 Å². The van der Waals surface area contributed by atoms with Crippen LogP contribution in [0.1, 0.15) is 71.6 Å². The maximum Gasteiger partial charge on any atom is -0.00426 e. The Morgan fingerprint density at radius 3 is 2.64 bits per heavy atom. The lowest BCUT2D eigenvalue weighted by atomic mass is 9.47. The molecule has 0 aromatic rings. The van der Waals surface area contributed by atoms with Crippen LogP contribution in [0.3, 0.4) is 0 Å². The van der Waals surface area contributed by atoms with E-state index in [2.05, 4.69) is 38.7 Å². The van der Waals surface area contributed by atoms with E-state index < -0.39 is 0 Å². The molecular formula is C24H37N. The third-order valence-electron chi connectivity index (χ3n) is 8.82. The van der Waals surface area contributed by atoms with Gasteiger partial charge < -0.3 is 5.73 Å². The van der Waals surface area contributed by atoms with Gasteiger partial charge in [-0.2, -0.15) is 0 Å². The van der Waals surface area contributed by atoms with Crippen LogP contribution in [-0.2, 0) is 0 Å². The van der Waals surface area contributed by atoms with E-state index >= 15 is 0 Å². The minimum Gasteiger partial charge on any atom is -0.330 e. The fourth-order valence-corrected chi connectivity index (χ4v) is 7.18. The molecule has 3 saturated carbocycles. The highest BCUT2D eigenvalue weighted by Gasteiger charge is 2.56. The zero-order valence-corrected chi connectivity index (χ0v) is 16.4. The average Bonchev–Trinajstić information content (AvgIpc) is 2.90. The summed E-state index contributed by atoms with van der Waals surface area (Å²) in [5.41, 5.74) is 9.93. The molecule has 6 atom stereocenters. The molecule has 4 aliphatic carbocycles. The van der Waals surface area contributed by atoms with E-state index in [-0.39, 0.29) is 0 Å². The number of hydrogen-bond donors (Lipinski definition) is 1. The second-order valence-corrected chi connectivity index (χ2v) is 9.83. The highest BCUT2D eigenvalue weighted by Crippen LogP contribution is 2.66. The van der Waals surface area contributed by atoms with Crippen LogP contribution >= 0.6 is 0 Å². The molecule has 0 aromatic heterocycles. The lowest BCUT2D eigenvalue weighted by Crippen LogP contribution is -2.49. The maximum atomic E-state index is 5.63. The highest BCUT2D eigenvalue weighted by molar-refractivity contribution is 5.28. The van der Waals surface area contributed by atoms with Crippen molar-refractivity contribution in [2.75, 3.05) is 6.54 Å². The van der Waals surface area contributed by atoms with Crippen LogP contribution in [0.2, 0.25) is 0 Å². The standard InChI is InChI=1S/C24H37N/c1-17-7-10-21-20-9-8-19-16-18(6-4-5-15-25)11-13-24(19,3)22(20)12-14-23(17,21)2/h4,6,16,18,20-22H,1,5,7-15,25H2,2-3H3/b6-4+/t18-,20?,21?,22?,23+,24-/m0/s1. The van der Waals surface area contributed by atoms with Gasteiger partial charge >= 0.3 is 0 Å². The van der Waals surface area contributed by atoms with E-state index in [0.29, 0.717) is 16.7 Å². The largest absolute Gasteiger partial charge is 0.330 e. The summed E-state index contributed by atoms with van der Waals surface area (Å²) in [7, 11) is 0. The van der Waals surface area contributed by atoms with E-state index in [1.807, 2.05) is 0 Å². The van der Waals surface area contributed by atoms with Crippen molar-refractivity contribution in [3.8, 4) is 0 Å². The van der Waals surface area contributed by atoms with E-state index in [4.69, 9.17) is 5.73 Å². The van der Waals surface area contributed by atoms with E-state index in [0.717, 1.165) is 30.7 Å². The van der Waals surface area contributed by atoms with Crippen molar-refractivity contribution >= 4 is 0 Å². The molecule has 0 radical (unpaired) electrons. The van der Waals surface area contributed by atoms with Crippen molar-refractivity contribution < 1.29 is 0 Å². The van der Waals surface area contributed by atoms with Crippen LogP contribution in [-0.4, -0.2) is 6.54 Å². The van der Waals surface area contributed by atoms with Gasteiger partial charge in [0.25, 0.3) is 0 Å². The van der Waals surface area contributed by atoms with Gasteiger partial charge in [-0.05, 0) is 98.8 Å². The van der Waals surface area contributed by atoms with Crippen LogP contribution in [0.5, 0.6) is 0 Å². The number of fused-ring (bicyclic) bond motifs is 5. The number of nitrogens with two attached hydrogens (primary N) is 1. The first-order chi connectivity index (χ1) is 12.0. The van der Waals surface area contributed by atoms with Gasteiger partial charge in [0, 0.05) is 0 Å². The normalized spacial score (nSPS) is 46.5. The van der Waals surface area contributed by atoms with Crippen LogP contribution in [0.4, 0.5) is 0 Å². The fraction of sp³-hybridized carbons (Fsp3) is 0.750. The minimum absolute atomic E-state index is 0.459. The summed E-state index contributed by atoms with van der Waals surface area (Å²) in [6.45, 7) is 10.4. The summed E-state index contributed by atoms with van der Waals surface area (Å²) in [4.78, 5) is 0. The molecule has 2 N–H and O–H groups in total. The van der Waals surface area contributed by atoms with Crippen molar-refractivity contribution in [1.29, 1.82) is 0 Å². The quantitative estimate of drug-likeness (QED) is 0.624. The Morgan fingerprint density at radius 1 is 1.08 bits per heavy atom. The van der Waals surface area contributed by atoms with Crippen LogP contribution in [0.15, 0.2) is 36.0 Å². The summed E-state index contributed by atoms with van der Waals surface area (Å²) in [6.07, 6.45) is 19.4. The summed E-state index contributed by atoms with van der Waals surface area (Å²) in [5, 5.41) is 0. The molecule has 0 heterocycles. The van der Waals surface area contributed by atoms with Gasteiger partial charge in [-0.25, -0.2) is 0 Å². The summed E-state index contributed by atoms with van der Waals surface area (Å²) < 4.78 is 0. The van der Waals surface area contributed by atoms with Gasteiger partial charge in [0.15, 0.2) is 0 Å². The van der Waals surface area contributed by atoms with Crippen molar-refractivity contribution in [3.05, 3.63) is 36.0 Å². The van der Waals surface area contributed by atoms with E-state index in [9.17, 15) is 0 Å². The molecule has 0 aliphatic heterocycles. The van der Waals surface area contributed by atoms with Gasteiger partial charge in [0.2, 0.25) is 0 Å². The molecule has 0 aromatic carbocycles. The molecule has 138 valence electrons. The first kappa shape index (κ1) is 17.6.